The maximum absolute atomic E-state index is 12.2. The molecule has 35 heavy (non-hydrogen) atoms. The van der Waals surface area contributed by atoms with E-state index in [0.717, 1.165) is 38.5 Å². The zero-order valence-corrected chi connectivity index (χ0v) is 21.1. The van der Waals surface area contributed by atoms with Crippen molar-refractivity contribution in [1.82, 2.24) is 19.5 Å². The minimum atomic E-state index is -0.680. The Hall–Kier alpha value is -2.95. The first-order chi connectivity index (χ1) is 16.8. The van der Waals surface area contributed by atoms with Crippen LogP contribution in [0.1, 0.15) is 72.1 Å². The number of H-pyrrole nitrogens is 1. The highest BCUT2D eigenvalue weighted by molar-refractivity contribution is 5.75. The van der Waals surface area contributed by atoms with Gasteiger partial charge in [0.25, 0.3) is 5.56 Å². The summed E-state index contributed by atoms with van der Waals surface area (Å²) in [7, 11) is 0. The van der Waals surface area contributed by atoms with E-state index in [1.807, 2.05) is 13.8 Å². The molecule has 0 spiro atoms. The van der Waals surface area contributed by atoms with Crippen molar-refractivity contribution in [2.24, 2.45) is 17.6 Å². The summed E-state index contributed by atoms with van der Waals surface area (Å²) < 4.78 is 12.6. The highest BCUT2D eigenvalue weighted by Gasteiger charge is 2.22. The van der Waals surface area contributed by atoms with Crippen LogP contribution in [0.15, 0.2) is 11.1 Å². The van der Waals surface area contributed by atoms with E-state index in [-0.39, 0.29) is 42.5 Å². The standard InChI is InChI=1S/C24H40N6O5/c1-4-6-7-8-9-10-18(31)35-14-17(11-12-34-23(33)19(25)16(3)5-2)13-30-15-27-20-21(30)28-24(26)29-22(20)32/h15-17,19H,4-14,25H2,1-3H3,(H3,26,28,29,32)/t16-,17?,19-/m0/s1. The number of nitrogens with two attached hydrogens (primary N) is 2. The zero-order chi connectivity index (χ0) is 25.8. The lowest BCUT2D eigenvalue weighted by atomic mass is 10.0. The van der Waals surface area contributed by atoms with E-state index in [9.17, 15) is 14.4 Å². The largest absolute Gasteiger partial charge is 0.465 e. The van der Waals surface area contributed by atoms with Crippen molar-refractivity contribution in [2.75, 3.05) is 18.9 Å². The van der Waals surface area contributed by atoms with Crippen LogP contribution in [-0.4, -0.2) is 50.7 Å². The van der Waals surface area contributed by atoms with Gasteiger partial charge in [0.1, 0.15) is 6.04 Å². The third kappa shape index (κ3) is 8.97. The lowest BCUT2D eigenvalue weighted by Crippen LogP contribution is -2.38. The van der Waals surface area contributed by atoms with Crippen LogP contribution in [0, 0.1) is 11.8 Å². The number of fused-ring (bicyclic) bond motifs is 1. The smallest absolute Gasteiger partial charge is 0.323 e. The minimum absolute atomic E-state index is 0.0109. The Bertz CT molecular complexity index is 1000. The topological polar surface area (TPSA) is 168 Å². The van der Waals surface area contributed by atoms with E-state index in [4.69, 9.17) is 20.9 Å². The average molecular weight is 493 g/mol. The van der Waals surface area contributed by atoms with Crippen LogP contribution in [0.5, 0.6) is 0 Å². The minimum Gasteiger partial charge on any atom is -0.465 e. The van der Waals surface area contributed by atoms with Crippen molar-refractivity contribution in [3.63, 3.8) is 0 Å². The Labute approximate surface area is 206 Å². The number of unbranched alkanes of at least 4 members (excludes halogenated alkanes) is 4. The molecule has 0 aliphatic heterocycles. The second-order valence-corrected chi connectivity index (χ2v) is 9.10. The molecular formula is C24H40N6O5. The summed E-state index contributed by atoms with van der Waals surface area (Å²) >= 11 is 0. The molecule has 0 bridgehead atoms. The predicted molar refractivity (Wildman–Crippen MR) is 133 cm³/mol. The Balaban J connectivity index is 2.00. The number of nitrogens with one attached hydrogen (secondary N) is 1. The van der Waals surface area contributed by atoms with E-state index in [1.165, 1.54) is 6.33 Å². The number of nitrogen functional groups attached to an aromatic ring is 1. The number of carbonyl (C=O) groups excluding carboxylic acids is 2. The Morgan fingerprint density at radius 2 is 1.91 bits per heavy atom. The zero-order valence-electron chi connectivity index (χ0n) is 21.1. The molecule has 11 nitrogen and oxygen atoms in total. The van der Waals surface area contributed by atoms with E-state index in [1.54, 1.807) is 4.57 Å². The summed E-state index contributed by atoms with van der Waals surface area (Å²) in [6, 6.07) is -0.680. The van der Waals surface area contributed by atoms with Gasteiger partial charge in [-0.05, 0) is 18.8 Å². The van der Waals surface area contributed by atoms with Gasteiger partial charge in [0.2, 0.25) is 5.95 Å². The van der Waals surface area contributed by atoms with Crippen molar-refractivity contribution >= 4 is 29.1 Å². The molecular weight excluding hydrogens is 452 g/mol. The molecule has 3 atom stereocenters. The molecule has 11 heteroatoms. The first kappa shape index (κ1) is 28.3. The molecule has 0 saturated heterocycles. The van der Waals surface area contributed by atoms with Crippen molar-refractivity contribution in [2.45, 2.75) is 84.7 Å². The molecule has 5 N–H and O–H groups in total. The molecule has 0 saturated carbocycles. The quantitative estimate of drug-likeness (QED) is 0.235. The molecule has 2 aromatic rings. The fourth-order valence-electron chi connectivity index (χ4n) is 3.67. The maximum atomic E-state index is 12.2. The first-order valence-corrected chi connectivity index (χ1v) is 12.5. The lowest BCUT2D eigenvalue weighted by Gasteiger charge is -2.20. The summed E-state index contributed by atoms with van der Waals surface area (Å²) in [5.74, 6) is -0.897. The van der Waals surface area contributed by atoms with Gasteiger partial charge in [-0.25, -0.2) is 4.98 Å². The Kier molecular flexibility index (Phi) is 11.7. The first-order valence-electron chi connectivity index (χ1n) is 12.5. The molecule has 2 rings (SSSR count). The normalized spacial score (nSPS) is 13.9. The molecule has 2 heterocycles. The van der Waals surface area contributed by atoms with Crippen molar-refractivity contribution in [3.05, 3.63) is 16.7 Å². The average Bonchev–Trinajstić information content (AvgIpc) is 3.23. The maximum Gasteiger partial charge on any atom is 0.323 e. The van der Waals surface area contributed by atoms with Gasteiger partial charge in [-0.3, -0.25) is 19.4 Å². The number of aromatic amines is 1. The van der Waals surface area contributed by atoms with Crippen LogP contribution in [-0.2, 0) is 25.6 Å². The molecule has 1 unspecified atom stereocenters. The number of carbonyl (C=O) groups is 2. The summed E-state index contributed by atoms with van der Waals surface area (Å²) in [5, 5.41) is 0. The number of hydrogen-bond acceptors (Lipinski definition) is 9. The third-order valence-electron chi connectivity index (χ3n) is 6.21. The van der Waals surface area contributed by atoms with Crippen LogP contribution in [0.3, 0.4) is 0 Å². The van der Waals surface area contributed by atoms with Crippen molar-refractivity contribution in [3.8, 4) is 0 Å². The molecule has 0 aromatic carbocycles. The number of hydrogen-bond donors (Lipinski definition) is 3. The second-order valence-electron chi connectivity index (χ2n) is 9.10. The SMILES string of the molecule is CCCCCCCC(=O)OCC(CCOC(=O)[C@@H](N)[C@@H](C)CC)Cn1cnc2c(=O)[nH]c(N)nc21. The van der Waals surface area contributed by atoms with Crippen LogP contribution in [0.25, 0.3) is 11.2 Å². The van der Waals surface area contributed by atoms with E-state index in [0.29, 0.717) is 25.0 Å². The third-order valence-corrected chi connectivity index (χ3v) is 6.21. The van der Waals surface area contributed by atoms with Crippen LogP contribution < -0.4 is 17.0 Å². The molecule has 2 aromatic heterocycles. The Morgan fingerprint density at radius 3 is 2.63 bits per heavy atom. The van der Waals surface area contributed by atoms with Crippen LogP contribution in [0.2, 0.25) is 0 Å². The van der Waals surface area contributed by atoms with Gasteiger partial charge >= 0.3 is 11.9 Å². The van der Waals surface area contributed by atoms with Gasteiger partial charge < -0.3 is 25.5 Å². The van der Waals surface area contributed by atoms with Gasteiger partial charge in [-0.2, -0.15) is 4.98 Å². The predicted octanol–water partition coefficient (Wildman–Crippen LogP) is 2.53. The van der Waals surface area contributed by atoms with E-state index >= 15 is 0 Å². The monoisotopic (exact) mass is 492 g/mol. The Morgan fingerprint density at radius 1 is 1.17 bits per heavy atom. The number of imidazole rings is 1. The summed E-state index contributed by atoms with van der Waals surface area (Å²) in [5.41, 5.74) is 11.7. The second kappa shape index (κ2) is 14.4. The molecule has 0 aliphatic rings. The van der Waals surface area contributed by atoms with Crippen molar-refractivity contribution < 1.29 is 19.1 Å². The van der Waals surface area contributed by atoms with E-state index in [2.05, 4.69) is 21.9 Å². The van der Waals surface area contributed by atoms with E-state index < -0.39 is 17.6 Å². The van der Waals surface area contributed by atoms with Gasteiger partial charge in [0.05, 0.1) is 19.5 Å². The number of nitrogens with zero attached hydrogens (tertiary/aromatic N) is 3. The number of ether oxygens (including phenoxy) is 2. The molecule has 196 valence electrons. The fraction of sp³-hybridized carbons (Fsp3) is 0.708. The van der Waals surface area contributed by atoms with Crippen LogP contribution >= 0.6 is 0 Å². The van der Waals surface area contributed by atoms with Gasteiger partial charge in [-0.15, -0.1) is 0 Å². The number of esters is 2. The number of anilines is 1. The summed E-state index contributed by atoms with van der Waals surface area (Å²) in [6.07, 6.45) is 8.30. The van der Waals surface area contributed by atoms with Gasteiger partial charge in [0.15, 0.2) is 11.2 Å². The molecule has 0 radical (unpaired) electrons. The summed E-state index contributed by atoms with van der Waals surface area (Å²) in [6.45, 7) is 6.64. The highest BCUT2D eigenvalue weighted by atomic mass is 16.5. The molecule has 0 fully saturated rings. The summed E-state index contributed by atoms with van der Waals surface area (Å²) in [4.78, 5) is 47.3. The highest BCUT2D eigenvalue weighted by Crippen LogP contribution is 2.15. The van der Waals surface area contributed by atoms with Gasteiger partial charge in [0, 0.05) is 18.9 Å². The lowest BCUT2D eigenvalue weighted by molar-refractivity contribution is -0.149. The molecule has 0 amide bonds. The van der Waals surface area contributed by atoms with Crippen LogP contribution in [0.4, 0.5) is 5.95 Å². The number of rotatable bonds is 16. The fourth-order valence-corrected chi connectivity index (χ4v) is 3.67. The van der Waals surface area contributed by atoms with Crippen molar-refractivity contribution in [1.29, 1.82) is 0 Å². The molecule has 0 aliphatic carbocycles. The van der Waals surface area contributed by atoms with Gasteiger partial charge in [-0.1, -0.05) is 52.9 Å². The number of aromatic nitrogens is 4.